The highest BCUT2D eigenvalue weighted by Gasteiger charge is 2.31. The number of nitrogens with zero attached hydrogens (tertiary/aromatic N) is 1. The van der Waals surface area contributed by atoms with Gasteiger partial charge in [0.1, 0.15) is 0 Å². The van der Waals surface area contributed by atoms with Gasteiger partial charge in [-0.15, -0.1) is 11.8 Å². The number of amides is 1. The zero-order chi connectivity index (χ0) is 16.9. The number of thioether (sulfide) groups is 1. The smallest absolute Gasteiger partial charge is 0.254 e. The second kappa shape index (κ2) is 7.86. The Kier molecular flexibility index (Phi) is 5.59. The third-order valence-electron chi connectivity index (χ3n) is 4.61. The molecule has 1 amide bonds. The van der Waals surface area contributed by atoms with Gasteiger partial charge in [-0.3, -0.25) is 4.79 Å². The lowest BCUT2D eigenvalue weighted by molar-refractivity contribution is 0.0743. The van der Waals surface area contributed by atoms with Crippen LogP contribution in [-0.4, -0.2) is 29.9 Å². The highest BCUT2D eigenvalue weighted by Crippen LogP contribution is 2.26. The van der Waals surface area contributed by atoms with E-state index in [-0.39, 0.29) is 11.9 Å². The normalized spacial score (nSPS) is 20.3. The van der Waals surface area contributed by atoms with Crippen LogP contribution in [0.1, 0.15) is 29.3 Å². The largest absolute Gasteiger partial charge is 0.336 e. The molecular weight excluding hydrogens is 316 g/mol. The molecule has 0 bridgehead atoms. The Morgan fingerprint density at radius 3 is 2.50 bits per heavy atom. The van der Waals surface area contributed by atoms with Gasteiger partial charge in [-0.2, -0.15) is 0 Å². The first-order chi connectivity index (χ1) is 11.7. The van der Waals surface area contributed by atoms with Crippen LogP contribution in [0.4, 0.5) is 0 Å². The van der Waals surface area contributed by atoms with E-state index in [4.69, 9.17) is 5.73 Å². The van der Waals surface area contributed by atoms with Crippen molar-refractivity contribution in [3.63, 3.8) is 0 Å². The maximum atomic E-state index is 12.7. The van der Waals surface area contributed by atoms with E-state index < -0.39 is 0 Å². The number of likely N-dealkylation sites (tertiary alicyclic amines) is 1. The molecule has 1 heterocycles. The van der Waals surface area contributed by atoms with Gasteiger partial charge in [-0.05, 0) is 55.6 Å². The van der Waals surface area contributed by atoms with Crippen molar-refractivity contribution in [3.8, 4) is 0 Å². The molecule has 4 heteroatoms. The van der Waals surface area contributed by atoms with Crippen LogP contribution in [0.2, 0.25) is 0 Å². The van der Waals surface area contributed by atoms with E-state index in [1.807, 2.05) is 35.2 Å². The van der Waals surface area contributed by atoms with Gasteiger partial charge in [-0.1, -0.05) is 30.3 Å². The molecule has 2 unspecified atom stereocenters. The van der Waals surface area contributed by atoms with Gasteiger partial charge in [0.15, 0.2) is 0 Å². The van der Waals surface area contributed by atoms with E-state index in [1.54, 1.807) is 11.8 Å². The quantitative estimate of drug-likeness (QED) is 0.843. The molecule has 1 fully saturated rings. The van der Waals surface area contributed by atoms with Crippen LogP contribution < -0.4 is 5.73 Å². The summed E-state index contributed by atoms with van der Waals surface area (Å²) in [5.41, 5.74) is 7.83. The molecule has 2 N–H and O–H groups in total. The van der Waals surface area contributed by atoms with Gasteiger partial charge < -0.3 is 10.6 Å². The number of hydrogen-bond acceptors (Lipinski definition) is 3. The van der Waals surface area contributed by atoms with Gasteiger partial charge in [0, 0.05) is 28.8 Å². The highest BCUT2D eigenvalue weighted by atomic mass is 32.2. The number of carbonyl (C=O) groups excluding carboxylic acids is 1. The molecule has 1 saturated heterocycles. The SMILES string of the molecule is CC1CC(CN)CN1C(=O)c1ccc(SCc2ccccc2)cc1. The molecule has 3 rings (SSSR count). The minimum absolute atomic E-state index is 0.123. The van der Waals surface area contributed by atoms with Crippen molar-refractivity contribution in [2.75, 3.05) is 13.1 Å². The lowest BCUT2D eigenvalue weighted by Crippen LogP contribution is -2.34. The minimum atomic E-state index is 0.123. The van der Waals surface area contributed by atoms with Gasteiger partial charge >= 0.3 is 0 Å². The lowest BCUT2D eigenvalue weighted by atomic mass is 10.1. The Bertz CT molecular complexity index is 672. The first-order valence-electron chi connectivity index (χ1n) is 8.45. The Hall–Kier alpha value is -1.78. The van der Waals surface area contributed by atoms with Crippen molar-refractivity contribution < 1.29 is 4.79 Å². The first-order valence-corrected chi connectivity index (χ1v) is 9.43. The molecule has 126 valence electrons. The Balaban J connectivity index is 1.61. The van der Waals surface area contributed by atoms with E-state index in [9.17, 15) is 4.79 Å². The van der Waals surface area contributed by atoms with Crippen molar-refractivity contribution in [3.05, 3.63) is 65.7 Å². The van der Waals surface area contributed by atoms with Crippen molar-refractivity contribution in [2.45, 2.75) is 30.0 Å². The maximum Gasteiger partial charge on any atom is 0.254 e. The molecule has 24 heavy (non-hydrogen) atoms. The van der Waals surface area contributed by atoms with Crippen LogP contribution in [-0.2, 0) is 5.75 Å². The lowest BCUT2D eigenvalue weighted by Gasteiger charge is -2.21. The number of carbonyl (C=O) groups is 1. The van der Waals surface area contributed by atoms with Crippen LogP contribution in [0.3, 0.4) is 0 Å². The molecule has 0 aliphatic carbocycles. The summed E-state index contributed by atoms with van der Waals surface area (Å²) in [6.07, 6.45) is 1.01. The van der Waals surface area contributed by atoms with Crippen molar-refractivity contribution in [1.82, 2.24) is 4.90 Å². The third kappa shape index (κ3) is 4.00. The summed E-state index contributed by atoms with van der Waals surface area (Å²) in [6.45, 7) is 3.54. The van der Waals surface area contributed by atoms with Crippen LogP contribution in [0.15, 0.2) is 59.5 Å². The molecule has 3 nitrogen and oxygen atoms in total. The summed E-state index contributed by atoms with van der Waals surface area (Å²) in [5.74, 6) is 1.50. The fourth-order valence-electron chi connectivity index (χ4n) is 3.20. The van der Waals surface area contributed by atoms with Gasteiger partial charge in [0.25, 0.3) is 5.91 Å². The summed E-state index contributed by atoms with van der Waals surface area (Å²) >= 11 is 1.79. The average molecular weight is 340 g/mol. The minimum Gasteiger partial charge on any atom is -0.336 e. The first kappa shape index (κ1) is 17.1. The number of hydrogen-bond donors (Lipinski definition) is 1. The standard InChI is InChI=1S/C20H24N2OS/c1-15-11-17(12-21)13-22(15)20(23)18-7-9-19(10-8-18)24-14-16-5-3-2-4-6-16/h2-10,15,17H,11-14,21H2,1H3. The van der Waals surface area contributed by atoms with Gasteiger partial charge in [-0.25, -0.2) is 0 Å². The van der Waals surface area contributed by atoms with E-state index in [0.717, 1.165) is 24.3 Å². The molecule has 0 saturated carbocycles. The maximum absolute atomic E-state index is 12.7. The predicted molar refractivity (Wildman–Crippen MR) is 100 cm³/mol. The topological polar surface area (TPSA) is 46.3 Å². The summed E-state index contributed by atoms with van der Waals surface area (Å²) in [7, 11) is 0. The fourth-order valence-corrected chi connectivity index (χ4v) is 4.05. The zero-order valence-corrected chi connectivity index (χ0v) is 14.8. The summed E-state index contributed by atoms with van der Waals surface area (Å²) in [4.78, 5) is 15.8. The van der Waals surface area contributed by atoms with E-state index in [0.29, 0.717) is 12.5 Å². The molecule has 0 aromatic heterocycles. The molecular formula is C20H24N2OS. The van der Waals surface area contributed by atoms with Gasteiger partial charge in [0.2, 0.25) is 0 Å². The monoisotopic (exact) mass is 340 g/mol. The second-order valence-electron chi connectivity index (χ2n) is 6.44. The number of benzene rings is 2. The summed E-state index contributed by atoms with van der Waals surface area (Å²) in [6, 6.07) is 18.7. The number of rotatable bonds is 5. The zero-order valence-electron chi connectivity index (χ0n) is 14.0. The molecule has 2 aromatic carbocycles. The third-order valence-corrected chi connectivity index (χ3v) is 5.69. The molecule has 0 spiro atoms. The average Bonchev–Trinajstić information content (AvgIpc) is 3.01. The predicted octanol–water partition coefficient (Wildman–Crippen LogP) is 3.79. The molecule has 1 aliphatic rings. The van der Waals surface area contributed by atoms with E-state index >= 15 is 0 Å². The van der Waals surface area contributed by atoms with Crippen LogP contribution >= 0.6 is 11.8 Å². The van der Waals surface area contributed by atoms with Crippen molar-refractivity contribution in [2.24, 2.45) is 11.7 Å². The van der Waals surface area contributed by atoms with E-state index in [1.165, 1.54) is 10.5 Å². The Morgan fingerprint density at radius 2 is 1.88 bits per heavy atom. The Labute approximate surface area is 148 Å². The summed E-state index contributed by atoms with van der Waals surface area (Å²) < 4.78 is 0. The van der Waals surface area contributed by atoms with Crippen LogP contribution in [0.25, 0.3) is 0 Å². The van der Waals surface area contributed by atoms with Crippen molar-refractivity contribution >= 4 is 17.7 Å². The number of nitrogens with two attached hydrogens (primary N) is 1. The highest BCUT2D eigenvalue weighted by molar-refractivity contribution is 7.98. The fraction of sp³-hybridized carbons (Fsp3) is 0.350. The molecule has 0 radical (unpaired) electrons. The second-order valence-corrected chi connectivity index (χ2v) is 7.49. The van der Waals surface area contributed by atoms with Crippen molar-refractivity contribution in [1.29, 1.82) is 0 Å². The summed E-state index contributed by atoms with van der Waals surface area (Å²) in [5, 5.41) is 0. The van der Waals surface area contributed by atoms with Gasteiger partial charge in [0.05, 0.1) is 0 Å². The molecule has 2 atom stereocenters. The van der Waals surface area contributed by atoms with Crippen LogP contribution in [0.5, 0.6) is 0 Å². The van der Waals surface area contributed by atoms with Crippen LogP contribution in [0, 0.1) is 5.92 Å². The van der Waals surface area contributed by atoms with E-state index in [2.05, 4.69) is 31.2 Å². The Morgan fingerprint density at radius 1 is 1.17 bits per heavy atom. The molecule has 1 aliphatic heterocycles. The molecule has 2 aromatic rings.